The minimum atomic E-state index is -1.08. The van der Waals surface area contributed by atoms with Gasteiger partial charge >= 0.3 is 5.97 Å². The molecule has 0 spiro atoms. The van der Waals surface area contributed by atoms with Crippen molar-refractivity contribution < 1.29 is 57.8 Å². The molecule has 25 heteroatoms. The third-order valence-electron chi connectivity index (χ3n) is 14.2. The second kappa shape index (κ2) is 39.0. The molecule has 0 aromatic heterocycles. The Labute approximate surface area is 517 Å². The van der Waals surface area contributed by atoms with Gasteiger partial charge in [0, 0.05) is 97.7 Å². The Morgan fingerprint density at radius 2 is 0.719 bits per heavy atom. The van der Waals surface area contributed by atoms with E-state index in [1.165, 1.54) is 13.8 Å². The molecule has 19 N–H and O–H groups in total. The summed E-state index contributed by atoms with van der Waals surface area (Å²) in [6.07, 6.45) is 1.63. The molecule has 4 rings (SSSR count). The van der Waals surface area contributed by atoms with Crippen LogP contribution >= 0.6 is 0 Å². The quantitative estimate of drug-likeness (QED) is 0.0132. The topological polar surface area (TPSA) is 477 Å². The highest BCUT2D eigenvalue weighted by Crippen LogP contribution is 2.22. The summed E-state index contributed by atoms with van der Waals surface area (Å²) in [5.41, 5.74) is 47.0. The molecule has 4 aromatic rings. The summed E-state index contributed by atoms with van der Waals surface area (Å²) in [4.78, 5) is 150. The number of aliphatic carboxylic acids is 1. The largest absolute Gasteiger partial charge is 0.481 e. The van der Waals surface area contributed by atoms with Crippen LogP contribution in [-0.2, 0) is 56.0 Å². The molecule has 6 atom stereocenters. The van der Waals surface area contributed by atoms with Crippen molar-refractivity contribution in [3.63, 3.8) is 0 Å². The predicted molar refractivity (Wildman–Crippen MR) is 337 cm³/mol. The van der Waals surface area contributed by atoms with E-state index in [4.69, 9.17) is 51.0 Å². The Morgan fingerprint density at radius 3 is 1.02 bits per heavy atom. The number of hydrogen-bond acceptors (Lipinski definition) is 14. The molecule has 478 valence electrons. The van der Waals surface area contributed by atoms with E-state index in [9.17, 15) is 52.7 Å². The van der Waals surface area contributed by atoms with Crippen LogP contribution < -0.4 is 56.5 Å². The van der Waals surface area contributed by atoms with Crippen LogP contribution in [0.15, 0.2) is 124 Å². The van der Waals surface area contributed by atoms with Crippen LogP contribution in [0, 0.1) is 23.7 Å². The van der Waals surface area contributed by atoms with Gasteiger partial charge in [0.15, 0.2) is 41.0 Å². The van der Waals surface area contributed by atoms with E-state index in [1.807, 2.05) is 12.1 Å². The Morgan fingerprint density at radius 1 is 0.404 bits per heavy atom. The molecule has 0 radical (unpaired) electrons. The molecule has 0 bridgehead atoms. The number of carboxylic acid groups (broad SMARTS) is 1. The first-order valence-electron chi connectivity index (χ1n) is 29.2. The van der Waals surface area contributed by atoms with Crippen molar-refractivity contribution in [2.75, 3.05) is 19.6 Å². The average molecular weight is 1230 g/mol. The first-order valence-corrected chi connectivity index (χ1v) is 29.2. The number of benzene rings is 4. The van der Waals surface area contributed by atoms with Crippen LogP contribution in [-0.4, -0.2) is 119 Å². The molecule has 0 heterocycles. The zero-order chi connectivity index (χ0) is 66.0. The van der Waals surface area contributed by atoms with Crippen LogP contribution in [0.25, 0.3) is 0 Å². The number of hydrogen-bond donors (Lipinski definition) is 11. The lowest BCUT2D eigenvalue weighted by atomic mass is 9.89. The predicted octanol–water partition coefficient (Wildman–Crippen LogP) is 2.62. The number of rotatable bonds is 40. The fraction of sp³-hybridized carbons (Fsp3) is 0.406. The molecule has 89 heavy (non-hydrogen) atoms. The molecule has 25 nitrogen and oxygen atoms in total. The minimum absolute atomic E-state index is 0.0186. The van der Waals surface area contributed by atoms with Crippen LogP contribution in [0.2, 0.25) is 0 Å². The van der Waals surface area contributed by atoms with Gasteiger partial charge in [0.1, 0.15) is 11.6 Å². The van der Waals surface area contributed by atoms with Crippen molar-refractivity contribution >= 4 is 82.2 Å². The van der Waals surface area contributed by atoms with Gasteiger partial charge in [0.05, 0.1) is 12.1 Å². The maximum Gasteiger partial charge on any atom is 0.303 e. The highest BCUT2D eigenvalue weighted by molar-refractivity contribution is 6.09. The van der Waals surface area contributed by atoms with E-state index in [2.05, 4.69) is 25.6 Å². The summed E-state index contributed by atoms with van der Waals surface area (Å²) in [5.74, 6) is -8.51. The maximum absolute atomic E-state index is 13.5. The van der Waals surface area contributed by atoms with E-state index in [-0.39, 0.29) is 131 Å². The number of carbonyl (C=O) groups excluding carboxylic acids is 10. The van der Waals surface area contributed by atoms with E-state index >= 15 is 0 Å². The van der Waals surface area contributed by atoms with Crippen molar-refractivity contribution in [1.82, 2.24) is 10.6 Å². The van der Waals surface area contributed by atoms with Gasteiger partial charge in [-0.2, -0.15) is 0 Å². The highest BCUT2D eigenvalue weighted by atomic mass is 16.4. The van der Waals surface area contributed by atoms with Gasteiger partial charge in [-0.25, -0.2) is 0 Å². The second-order valence-corrected chi connectivity index (χ2v) is 21.7. The van der Waals surface area contributed by atoms with Crippen molar-refractivity contribution in [3.8, 4) is 0 Å². The van der Waals surface area contributed by atoms with Crippen LogP contribution in [0.1, 0.15) is 140 Å². The van der Waals surface area contributed by atoms with Gasteiger partial charge in [-0.3, -0.25) is 58.1 Å². The first-order chi connectivity index (χ1) is 42.2. The number of Topliss-reactive ketones (excluding diaryl/α,β-unsaturated/α-hetero) is 4. The SMILES string of the molecule is CC(=O)CC(CCCN=C(N)N)C(=O)NC(CCCC(=O)O)C(=O)CC(Cc1ccc(C(=O)c2ccccc2)cc1)C(N)=O.CC(=O)CC(CCCN=C(N)N)C(=O)NC(CCCN=C(N)N)C(=O)CC(Cc1ccc(C(=O)c2ccccc2)cc1)C(N)=O. The number of nitrogens with zero attached hydrogens (tertiary/aromatic N) is 3. The number of aliphatic imine (C=N–C) groups is 3. The van der Waals surface area contributed by atoms with Crippen molar-refractivity contribution in [2.45, 2.75) is 122 Å². The standard InChI is InChI=1S/C32H44N8O5.C32H41N5O7/c1-20(41)17-24(9-5-15-38-31(34)35)30(45)40-26(10-6-16-39-32(36)37)27(42)19-25(29(33)44)18-21-11-13-23(14-12-21)28(43)22-7-3-2-4-8-22;1-20(38)17-24(9-6-16-36-32(34)35)31(44)37-26(10-5-11-28(40)41)27(39)19-25(30(33)43)18-21-12-14-23(15-13-21)29(42)22-7-3-2-4-8-22/h2-4,7-8,11-14,24-26H,5-6,9-10,15-19H2,1H3,(H2,33,44)(H,40,45)(H4,34,35,38)(H4,36,37,39);2-4,7-8,12-15,24-26H,5-6,9-11,16-19H2,1H3,(H2,33,43)(H,37,44)(H,40,41)(H4,34,35,36). The minimum Gasteiger partial charge on any atom is -0.481 e. The van der Waals surface area contributed by atoms with E-state index in [0.717, 1.165) is 0 Å². The number of nitrogens with two attached hydrogens (primary N) is 8. The number of primary amides is 2. The molecule has 0 saturated carbocycles. The lowest BCUT2D eigenvalue weighted by Crippen LogP contribution is -2.45. The van der Waals surface area contributed by atoms with Gasteiger partial charge in [0.2, 0.25) is 23.6 Å². The van der Waals surface area contributed by atoms with Gasteiger partial charge in [-0.15, -0.1) is 0 Å². The van der Waals surface area contributed by atoms with E-state index < -0.39 is 76.9 Å². The zero-order valence-corrected chi connectivity index (χ0v) is 50.5. The molecule has 6 unspecified atom stereocenters. The normalized spacial score (nSPS) is 12.7. The van der Waals surface area contributed by atoms with Crippen LogP contribution in [0.4, 0.5) is 0 Å². The van der Waals surface area contributed by atoms with E-state index in [0.29, 0.717) is 59.1 Å². The number of carboxylic acids is 1. The Bertz CT molecular complexity index is 3120. The first kappa shape index (κ1) is 73.3. The molecule has 4 amide bonds. The summed E-state index contributed by atoms with van der Waals surface area (Å²) < 4.78 is 0. The second-order valence-electron chi connectivity index (χ2n) is 21.7. The number of carbonyl (C=O) groups is 11. The molecule has 0 aliphatic heterocycles. The highest BCUT2D eigenvalue weighted by Gasteiger charge is 2.32. The van der Waals surface area contributed by atoms with E-state index in [1.54, 1.807) is 97.1 Å². The molecule has 4 aromatic carbocycles. The summed E-state index contributed by atoms with van der Waals surface area (Å²) in [5, 5.41) is 14.5. The number of amides is 4. The van der Waals surface area contributed by atoms with Crippen molar-refractivity contribution in [2.24, 2.45) is 84.5 Å². The summed E-state index contributed by atoms with van der Waals surface area (Å²) in [7, 11) is 0. The van der Waals surface area contributed by atoms with Gasteiger partial charge in [-0.1, -0.05) is 109 Å². The molecule has 0 saturated heterocycles. The summed E-state index contributed by atoms with van der Waals surface area (Å²) in [6.45, 7) is 3.51. The summed E-state index contributed by atoms with van der Waals surface area (Å²) in [6, 6.07) is 29.0. The molecule has 0 aliphatic carbocycles. The maximum atomic E-state index is 13.5. The lowest BCUT2D eigenvalue weighted by Gasteiger charge is -2.23. The van der Waals surface area contributed by atoms with Crippen molar-refractivity contribution in [3.05, 3.63) is 143 Å². The fourth-order valence-corrected chi connectivity index (χ4v) is 9.59. The Kier molecular flexibility index (Phi) is 32.1. The van der Waals surface area contributed by atoms with Crippen LogP contribution in [0.3, 0.4) is 0 Å². The number of guanidine groups is 3. The lowest BCUT2D eigenvalue weighted by molar-refractivity contribution is -0.137. The number of nitrogens with one attached hydrogen (secondary N) is 2. The molecule has 0 aliphatic rings. The Hall–Kier alpha value is -9.94. The van der Waals surface area contributed by atoms with Crippen LogP contribution in [0.5, 0.6) is 0 Å². The molecular weight excluding hydrogens is 1140 g/mol. The molecule has 0 fully saturated rings. The summed E-state index contributed by atoms with van der Waals surface area (Å²) >= 11 is 0. The third kappa shape index (κ3) is 28.9. The monoisotopic (exact) mass is 1230 g/mol. The average Bonchev–Trinajstić information content (AvgIpc) is 3.70. The number of ketones is 6. The fourth-order valence-electron chi connectivity index (χ4n) is 9.59. The Balaban J connectivity index is 0.000000465. The smallest absolute Gasteiger partial charge is 0.303 e. The molecular formula is C64H85N13O12. The van der Waals surface area contributed by atoms with Gasteiger partial charge in [-0.05, 0) is 89.2 Å². The zero-order valence-electron chi connectivity index (χ0n) is 50.5. The van der Waals surface area contributed by atoms with Gasteiger partial charge < -0.3 is 71.2 Å². The van der Waals surface area contributed by atoms with Crippen molar-refractivity contribution in [1.29, 1.82) is 0 Å². The third-order valence-corrected chi connectivity index (χ3v) is 14.2. The van der Waals surface area contributed by atoms with Gasteiger partial charge in [0.25, 0.3) is 0 Å².